The van der Waals surface area contributed by atoms with Gasteiger partial charge in [0.2, 0.25) is 0 Å². The van der Waals surface area contributed by atoms with Crippen LogP contribution in [0.4, 0.5) is 5.69 Å². The fourth-order valence-electron chi connectivity index (χ4n) is 4.06. The minimum absolute atomic E-state index is 0.134. The summed E-state index contributed by atoms with van der Waals surface area (Å²) in [5, 5.41) is 12.0. The molecule has 9 heteroatoms. The lowest BCUT2D eigenvalue weighted by atomic mass is 9.94. The zero-order chi connectivity index (χ0) is 25.4. The number of halogens is 3. The fourth-order valence-corrected chi connectivity index (χ4v) is 4.88. The van der Waals surface area contributed by atoms with Gasteiger partial charge in [-0.3, -0.25) is 14.5 Å². The molecule has 1 aliphatic rings. The van der Waals surface area contributed by atoms with Crippen LogP contribution in [0.1, 0.15) is 22.7 Å². The molecular weight excluding hydrogens is 513 g/mol. The molecule has 0 saturated carbocycles. The van der Waals surface area contributed by atoms with Crippen LogP contribution < -0.4 is 14.4 Å². The van der Waals surface area contributed by atoms with Crippen LogP contribution in [0.3, 0.4) is 0 Å². The topological polar surface area (TPSA) is 76.1 Å². The fraction of sp³-hybridized carbons (Fsp3) is 0.154. The summed E-state index contributed by atoms with van der Waals surface area (Å²) in [5.74, 6) is -1.49. The Labute approximate surface area is 217 Å². The number of hydrogen-bond donors (Lipinski definition) is 1. The molecule has 1 N–H and O–H groups in total. The number of aliphatic hydroxyl groups excluding tert-OH is 1. The number of aliphatic hydroxyl groups is 1. The summed E-state index contributed by atoms with van der Waals surface area (Å²) < 4.78 is 10.7. The van der Waals surface area contributed by atoms with E-state index >= 15 is 0 Å². The smallest absolute Gasteiger partial charge is 0.300 e. The number of amides is 1. The van der Waals surface area contributed by atoms with Gasteiger partial charge in [-0.15, -0.1) is 0 Å². The second-order valence-corrected chi connectivity index (χ2v) is 9.04. The van der Waals surface area contributed by atoms with Crippen molar-refractivity contribution in [3.05, 3.63) is 91.9 Å². The third-order valence-corrected chi connectivity index (χ3v) is 6.76. The van der Waals surface area contributed by atoms with Crippen molar-refractivity contribution in [3.8, 4) is 11.5 Å². The van der Waals surface area contributed by atoms with Crippen molar-refractivity contribution in [2.75, 3.05) is 19.1 Å². The zero-order valence-electron chi connectivity index (χ0n) is 18.9. The van der Waals surface area contributed by atoms with Crippen molar-refractivity contribution in [1.29, 1.82) is 0 Å². The molecule has 1 fully saturated rings. The number of nitrogens with zero attached hydrogens (tertiary/aromatic N) is 1. The first-order chi connectivity index (χ1) is 16.7. The number of benzene rings is 3. The van der Waals surface area contributed by atoms with Gasteiger partial charge in [-0.25, -0.2) is 0 Å². The third-order valence-electron chi connectivity index (χ3n) is 5.79. The monoisotopic (exact) mass is 531 g/mol. The molecular formula is C26H20Cl3NO5. The van der Waals surface area contributed by atoms with E-state index in [4.69, 9.17) is 44.3 Å². The van der Waals surface area contributed by atoms with Gasteiger partial charge in [0, 0.05) is 21.8 Å². The highest BCUT2D eigenvalue weighted by atomic mass is 35.5. The Hall–Kier alpha value is -3.19. The van der Waals surface area contributed by atoms with E-state index in [2.05, 4.69) is 0 Å². The average Bonchev–Trinajstić information content (AvgIpc) is 3.10. The summed E-state index contributed by atoms with van der Waals surface area (Å²) in [6, 6.07) is 13.8. The molecule has 3 aromatic carbocycles. The first kappa shape index (κ1) is 24.9. The van der Waals surface area contributed by atoms with Crippen molar-refractivity contribution in [3.63, 3.8) is 0 Å². The van der Waals surface area contributed by atoms with Crippen LogP contribution in [-0.2, 0) is 9.59 Å². The first-order valence-electron chi connectivity index (χ1n) is 10.4. The van der Waals surface area contributed by atoms with Crippen LogP contribution in [0.2, 0.25) is 15.1 Å². The Morgan fingerprint density at radius 2 is 1.57 bits per heavy atom. The molecule has 0 aliphatic carbocycles. The second kappa shape index (κ2) is 9.82. The standard InChI is InChI=1S/C26H20Cl3NO5/c1-13-8-9-15(12-17(13)27)30-22(16-6-4-5-7-20(16)34-2)21(24(32)26(30)33)23(31)14-10-18(28)25(35-3)19(29)11-14/h4-12,22,31H,1-3H3/b23-21+. The summed E-state index contributed by atoms with van der Waals surface area (Å²) in [7, 11) is 2.89. The maximum atomic E-state index is 13.4. The van der Waals surface area contributed by atoms with Gasteiger partial charge < -0.3 is 14.6 Å². The van der Waals surface area contributed by atoms with Gasteiger partial charge in [-0.2, -0.15) is 0 Å². The predicted octanol–water partition coefficient (Wildman–Crippen LogP) is 6.60. The maximum absolute atomic E-state index is 13.4. The first-order valence-corrected chi connectivity index (χ1v) is 11.6. The summed E-state index contributed by atoms with van der Waals surface area (Å²) >= 11 is 18.9. The number of carbonyl (C=O) groups is 2. The molecule has 1 atom stereocenters. The molecule has 3 aromatic rings. The number of anilines is 1. The maximum Gasteiger partial charge on any atom is 0.300 e. The quantitative estimate of drug-likeness (QED) is 0.228. The SMILES string of the molecule is COc1ccccc1C1/C(=C(\O)c2cc(Cl)c(OC)c(Cl)c2)C(=O)C(=O)N1c1ccc(C)c(Cl)c1. The predicted molar refractivity (Wildman–Crippen MR) is 137 cm³/mol. The molecule has 1 heterocycles. The molecule has 0 spiro atoms. The summed E-state index contributed by atoms with van der Waals surface area (Å²) in [5.41, 5.74) is 1.71. The highest BCUT2D eigenvalue weighted by Crippen LogP contribution is 2.46. The van der Waals surface area contributed by atoms with Gasteiger partial charge >= 0.3 is 0 Å². The van der Waals surface area contributed by atoms with Crippen LogP contribution >= 0.6 is 34.8 Å². The van der Waals surface area contributed by atoms with Crippen LogP contribution in [0, 0.1) is 6.92 Å². The minimum atomic E-state index is -1.01. The van der Waals surface area contributed by atoms with Crippen molar-refractivity contribution in [1.82, 2.24) is 0 Å². The van der Waals surface area contributed by atoms with Crippen LogP contribution in [0.15, 0.2) is 60.2 Å². The molecule has 1 unspecified atom stereocenters. The van der Waals surface area contributed by atoms with E-state index in [1.807, 2.05) is 6.92 Å². The van der Waals surface area contributed by atoms with E-state index in [1.165, 1.54) is 31.3 Å². The number of rotatable bonds is 5. The Morgan fingerprint density at radius 3 is 2.17 bits per heavy atom. The lowest BCUT2D eigenvalue weighted by Crippen LogP contribution is -2.29. The number of carbonyl (C=O) groups excluding carboxylic acids is 2. The molecule has 1 amide bonds. The molecule has 1 saturated heterocycles. The van der Waals surface area contributed by atoms with Gasteiger partial charge in [0.1, 0.15) is 11.5 Å². The summed E-state index contributed by atoms with van der Waals surface area (Å²) in [6.07, 6.45) is 0. The molecule has 0 aromatic heterocycles. The average molecular weight is 533 g/mol. The Balaban J connectivity index is 2.01. The molecule has 180 valence electrons. The van der Waals surface area contributed by atoms with E-state index in [0.29, 0.717) is 22.0 Å². The molecule has 6 nitrogen and oxygen atoms in total. The zero-order valence-corrected chi connectivity index (χ0v) is 21.2. The van der Waals surface area contributed by atoms with Gasteiger partial charge in [0.25, 0.3) is 11.7 Å². The largest absolute Gasteiger partial charge is 0.507 e. The van der Waals surface area contributed by atoms with E-state index in [1.54, 1.807) is 42.5 Å². The number of ether oxygens (including phenoxy) is 2. The van der Waals surface area contributed by atoms with Gasteiger partial charge in [-0.05, 0) is 42.8 Å². The van der Waals surface area contributed by atoms with Gasteiger partial charge in [0.15, 0.2) is 5.75 Å². The summed E-state index contributed by atoms with van der Waals surface area (Å²) in [4.78, 5) is 28.0. The van der Waals surface area contributed by atoms with Crippen molar-refractivity contribution >= 4 is 57.9 Å². The van der Waals surface area contributed by atoms with E-state index in [9.17, 15) is 14.7 Å². The number of Topliss-reactive ketones (excluding diaryl/α,β-unsaturated/α-hetero) is 1. The van der Waals surface area contributed by atoms with Crippen molar-refractivity contribution < 1.29 is 24.2 Å². The van der Waals surface area contributed by atoms with E-state index in [0.717, 1.165) is 5.56 Å². The number of ketones is 1. The van der Waals surface area contributed by atoms with Crippen molar-refractivity contribution in [2.45, 2.75) is 13.0 Å². The Kier molecular flexibility index (Phi) is 6.99. The van der Waals surface area contributed by atoms with Crippen LogP contribution in [-0.4, -0.2) is 31.0 Å². The molecule has 1 aliphatic heterocycles. The molecule has 0 bridgehead atoms. The van der Waals surface area contributed by atoms with Gasteiger partial charge in [0.05, 0.1) is 35.9 Å². The van der Waals surface area contributed by atoms with Crippen LogP contribution in [0.25, 0.3) is 5.76 Å². The van der Waals surface area contributed by atoms with E-state index in [-0.39, 0.29) is 26.9 Å². The number of aryl methyl sites for hydroxylation is 1. The number of hydrogen-bond acceptors (Lipinski definition) is 5. The Bertz CT molecular complexity index is 1360. The summed E-state index contributed by atoms with van der Waals surface area (Å²) in [6.45, 7) is 1.83. The third kappa shape index (κ3) is 4.33. The number of methoxy groups -OCH3 is 2. The molecule has 4 rings (SSSR count). The second-order valence-electron chi connectivity index (χ2n) is 7.82. The normalized spacial score (nSPS) is 17.1. The highest BCUT2D eigenvalue weighted by molar-refractivity contribution is 6.52. The number of para-hydroxylation sites is 1. The minimum Gasteiger partial charge on any atom is -0.507 e. The van der Waals surface area contributed by atoms with E-state index < -0.39 is 23.5 Å². The van der Waals surface area contributed by atoms with Crippen LogP contribution in [0.5, 0.6) is 11.5 Å². The highest BCUT2D eigenvalue weighted by Gasteiger charge is 2.48. The lowest BCUT2D eigenvalue weighted by Gasteiger charge is -2.27. The Morgan fingerprint density at radius 1 is 0.914 bits per heavy atom. The van der Waals surface area contributed by atoms with Gasteiger partial charge in [-0.1, -0.05) is 59.1 Å². The van der Waals surface area contributed by atoms with Crippen molar-refractivity contribution in [2.24, 2.45) is 0 Å². The molecule has 35 heavy (non-hydrogen) atoms. The molecule has 0 radical (unpaired) electrons. The lowest BCUT2D eigenvalue weighted by molar-refractivity contribution is -0.132.